The van der Waals surface area contributed by atoms with E-state index in [-0.39, 0.29) is 19.4 Å². The fourth-order valence-electron chi connectivity index (χ4n) is 3.14. The lowest BCUT2D eigenvalue weighted by atomic mass is 10.2. The molecule has 3 rings (SSSR count). The van der Waals surface area contributed by atoms with Crippen LogP contribution in [0.4, 0.5) is 4.39 Å². The summed E-state index contributed by atoms with van der Waals surface area (Å²) in [6, 6.07) is 0. The Morgan fingerprint density at radius 1 is 1.38 bits per heavy atom. The van der Waals surface area contributed by atoms with Crippen molar-refractivity contribution in [3.63, 3.8) is 0 Å². The fraction of sp³-hybridized carbons (Fsp3) is 0.733. The molecule has 4 N–H and O–H groups in total. The summed E-state index contributed by atoms with van der Waals surface area (Å²) in [6.45, 7) is -3.83. The maximum Gasteiger partial charge on any atom is 0.330 e. The number of aromatic nitrogens is 2. The SMILES string of the molecule is CN[C@H]1C[C@@H](O)[C@@H](COP(O)(=S)OCC2CCC(n3cc(F)c(=O)[nH]c3=O)O2)O1. The van der Waals surface area contributed by atoms with E-state index >= 15 is 0 Å². The van der Waals surface area contributed by atoms with E-state index in [1.807, 2.05) is 4.98 Å². The first-order valence-electron chi connectivity index (χ1n) is 8.97. The number of aliphatic hydroxyl groups excluding tert-OH is 1. The first-order chi connectivity index (χ1) is 13.7. The summed E-state index contributed by atoms with van der Waals surface area (Å²) in [5.74, 6) is -1.09. The molecule has 2 aliphatic heterocycles. The molecular formula is C15H23FN3O8PS. The van der Waals surface area contributed by atoms with Crippen molar-refractivity contribution in [2.45, 2.75) is 50.0 Å². The van der Waals surface area contributed by atoms with E-state index < -0.39 is 48.3 Å². The predicted molar refractivity (Wildman–Crippen MR) is 101 cm³/mol. The molecule has 2 aliphatic rings. The molecule has 2 fully saturated rings. The Morgan fingerprint density at radius 3 is 2.79 bits per heavy atom. The minimum Gasteiger partial charge on any atom is -0.390 e. The van der Waals surface area contributed by atoms with Gasteiger partial charge in [0.2, 0.25) is 5.82 Å². The Balaban J connectivity index is 1.48. The van der Waals surface area contributed by atoms with Gasteiger partial charge in [-0.05, 0) is 31.7 Å². The average molecular weight is 455 g/mol. The van der Waals surface area contributed by atoms with Gasteiger partial charge in [0.25, 0.3) is 5.56 Å². The Kier molecular flexibility index (Phi) is 7.36. The predicted octanol–water partition coefficient (Wildman–Crippen LogP) is -0.701. The van der Waals surface area contributed by atoms with Crippen molar-refractivity contribution in [1.82, 2.24) is 14.9 Å². The number of nitrogens with one attached hydrogen (secondary N) is 2. The maximum atomic E-state index is 13.4. The molecule has 0 saturated carbocycles. The molecule has 29 heavy (non-hydrogen) atoms. The quantitative estimate of drug-likeness (QED) is 0.371. The van der Waals surface area contributed by atoms with E-state index in [4.69, 9.17) is 30.3 Å². The number of halogens is 1. The number of ether oxygens (including phenoxy) is 2. The highest BCUT2D eigenvalue weighted by Gasteiger charge is 2.35. The molecule has 1 aromatic heterocycles. The second-order valence-electron chi connectivity index (χ2n) is 6.75. The third-order valence-electron chi connectivity index (χ3n) is 4.69. The van der Waals surface area contributed by atoms with E-state index in [0.29, 0.717) is 19.3 Å². The number of H-pyrrole nitrogens is 1. The van der Waals surface area contributed by atoms with Gasteiger partial charge in [0.05, 0.1) is 31.6 Å². The van der Waals surface area contributed by atoms with Crippen LogP contribution in [0.25, 0.3) is 0 Å². The van der Waals surface area contributed by atoms with Gasteiger partial charge in [-0.2, -0.15) is 4.39 Å². The summed E-state index contributed by atoms with van der Waals surface area (Å²) in [4.78, 5) is 35.0. The van der Waals surface area contributed by atoms with Crippen LogP contribution in [0.15, 0.2) is 15.8 Å². The Bertz CT molecular complexity index is 882. The van der Waals surface area contributed by atoms with Crippen molar-refractivity contribution in [2.75, 3.05) is 20.3 Å². The van der Waals surface area contributed by atoms with Crippen LogP contribution in [-0.2, 0) is 30.3 Å². The first kappa shape index (κ1) is 22.7. The molecule has 3 unspecified atom stereocenters. The van der Waals surface area contributed by atoms with Gasteiger partial charge < -0.3 is 28.5 Å². The highest BCUT2D eigenvalue weighted by molar-refractivity contribution is 8.07. The first-order valence-corrected chi connectivity index (χ1v) is 11.6. The Morgan fingerprint density at radius 2 is 2.10 bits per heavy atom. The maximum absolute atomic E-state index is 13.4. The zero-order valence-corrected chi connectivity index (χ0v) is 17.2. The number of nitrogens with zero attached hydrogens (tertiary/aromatic N) is 1. The number of rotatable bonds is 8. The number of hydrogen-bond acceptors (Lipinski definition) is 9. The zero-order valence-electron chi connectivity index (χ0n) is 15.5. The van der Waals surface area contributed by atoms with Crippen molar-refractivity contribution in [3.05, 3.63) is 32.9 Å². The van der Waals surface area contributed by atoms with Gasteiger partial charge in [-0.1, -0.05) is 0 Å². The van der Waals surface area contributed by atoms with Crippen LogP contribution < -0.4 is 16.6 Å². The highest BCUT2D eigenvalue weighted by atomic mass is 32.5. The van der Waals surface area contributed by atoms with Crippen molar-refractivity contribution >= 4 is 18.5 Å². The number of hydrogen-bond donors (Lipinski definition) is 4. The van der Waals surface area contributed by atoms with Gasteiger partial charge in [0, 0.05) is 6.42 Å². The summed E-state index contributed by atoms with van der Waals surface area (Å²) < 4.78 is 36.0. The summed E-state index contributed by atoms with van der Waals surface area (Å²) in [5, 5.41) is 12.8. The molecule has 11 nitrogen and oxygen atoms in total. The van der Waals surface area contributed by atoms with E-state index in [9.17, 15) is 24.0 Å². The molecule has 3 heterocycles. The van der Waals surface area contributed by atoms with Gasteiger partial charge >= 0.3 is 12.4 Å². The van der Waals surface area contributed by atoms with E-state index in [0.717, 1.165) is 10.8 Å². The summed E-state index contributed by atoms with van der Waals surface area (Å²) >= 11 is 4.95. The van der Waals surface area contributed by atoms with Crippen molar-refractivity contribution < 1.29 is 32.9 Å². The van der Waals surface area contributed by atoms with Crippen LogP contribution in [0, 0.1) is 5.82 Å². The third kappa shape index (κ3) is 5.78. The van der Waals surface area contributed by atoms with Crippen LogP contribution >= 0.6 is 6.72 Å². The smallest absolute Gasteiger partial charge is 0.330 e. The fourth-order valence-corrected chi connectivity index (χ4v) is 4.27. The van der Waals surface area contributed by atoms with E-state index in [1.165, 1.54) is 0 Å². The molecule has 0 aromatic carbocycles. The van der Waals surface area contributed by atoms with Gasteiger partial charge in [-0.25, -0.2) is 4.79 Å². The minimum atomic E-state index is -3.60. The molecule has 0 bridgehead atoms. The third-order valence-corrected chi connectivity index (χ3v) is 6.27. The van der Waals surface area contributed by atoms with Crippen LogP contribution in [0.2, 0.25) is 0 Å². The Hall–Kier alpha value is -1.02. The summed E-state index contributed by atoms with van der Waals surface area (Å²) in [5.41, 5.74) is -1.88. The van der Waals surface area contributed by atoms with Crippen LogP contribution in [0.5, 0.6) is 0 Å². The second kappa shape index (κ2) is 9.41. The van der Waals surface area contributed by atoms with E-state index in [2.05, 4.69) is 5.32 Å². The minimum absolute atomic E-state index is 0.0991. The Labute approximate surface area is 170 Å². The average Bonchev–Trinajstić information content (AvgIpc) is 3.28. The molecule has 0 aliphatic carbocycles. The lowest BCUT2D eigenvalue weighted by Gasteiger charge is -2.21. The van der Waals surface area contributed by atoms with Crippen LogP contribution in [-0.4, -0.2) is 64.4 Å². The highest BCUT2D eigenvalue weighted by Crippen LogP contribution is 2.45. The standard InChI is InChI=1S/C15H23FN3O8PS/c1-17-12-4-10(20)11(27-12)7-25-28(23,29)24-6-8-2-3-13(26-8)19-5-9(16)14(21)18-15(19)22/h5,8,10-13,17,20H,2-4,6-7H2,1H3,(H,23,29)(H,18,21,22)/t8?,10-,11-,12-,13?,28?/m1/s1. The molecule has 0 radical (unpaired) electrons. The molecule has 2 saturated heterocycles. The number of aromatic amines is 1. The largest absolute Gasteiger partial charge is 0.390 e. The molecule has 14 heteroatoms. The number of aliphatic hydroxyl groups is 1. The van der Waals surface area contributed by atoms with Crippen molar-refractivity contribution in [2.24, 2.45) is 0 Å². The molecule has 6 atom stereocenters. The monoisotopic (exact) mass is 455 g/mol. The van der Waals surface area contributed by atoms with Crippen molar-refractivity contribution in [3.8, 4) is 0 Å². The lowest BCUT2D eigenvalue weighted by Crippen LogP contribution is -2.34. The summed E-state index contributed by atoms with van der Waals surface area (Å²) in [6.07, 6.45) is -0.967. The molecule has 1 aromatic rings. The lowest BCUT2D eigenvalue weighted by molar-refractivity contribution is -0.0355. The van der Waals surface area contributed by atoms with Gasteiger partial charge in [0.15, 0.2) is 0 Å². The normalized spacial score (nSPS) is 31.8. The molecular weight excluding hydrogens is 432 g/mol. The second-order valence-corrected chi connectivity index (χ2v) is 9.59. The van der Waals surface area contributed by atoms with Gasteiger partial charge in [0.1, 0.15) is 18.6 Å². The zero-order chi connectivity index (χ0) is 21.2. The van der Waals surface area contributed by atoms with Crippen LogP contribution in [0.3, 0.4) is 0 Å². The topological polar surface area (TPSA) is 144 Å². The van der Waals surface area contributed by atoms with Crippen molar-refractivity contribution in [1.29, 1.82) is 0 Å². The molecule has 0 amide bonds. The summed E-state index contributed by atoms with van der Waals surface area (Å²) in [7, 11) is 1.70. The van der Waals surface area contributed by atoms with Gasteiger partial charge in [-0.3, -0.25) is 19.7 Å². The van der Waals surface area contributed by atoms with Gasteiger partial charge in [-0.15, -0.1) is 0 Å². The van der Waals surface area contributed by atoms with Crippen LogP contribution in [0.1, 0.15) is 25.5 Å². The molecule has 164 valence electrons. The van der Waals surface area contributed by atoms with E-state index in [1.54, 1.807) is 7.05 Å². The molecule has 0 spiro atoms.